The third kappa shape index (κ3) is 4.99. The van der Waals surface area contributed by atoms with E-state index >= 15 is 0 Å². The minimum atomic E-state index is -3.61. The van der Waals surface area contributed by atoms with Crippen molar-refractivity contribution in [3.05, 3.63) is 92.7 Å². The van der Waals surface area contributed by atoms with Gasteiger partial charge < -0.3 is 20.4 Å². The van der Waals surface area contributed by atoms with Crippen molar-refractivity contribution in [2.75, 3.05) is 11.9 Å². The predicted octanol–water partition coefficient (Wildman–Crippen LogP) is 2.69. The van der Waals surface area contributed by atoms with Crippen LogP contribution in [0.25, 0.3) is 0 Å². The molecule has 190 valence electrons. The second kappa shape index (κ2) is 9.91. The zero-order valence-electron chi connectivity index (χ0n) is 18.6. The number of hydrogen-bond donors (Lipinski definition) is 2. The topological polar surface area (TPSA) is 103 Å². The Balaban J connectivity index is 1.44. The van der Waals surface area contributed by atoms with Crippen molar-refractivity contribution in [2.24, 2.45) is 0 Å². The first kappa shape index (κ1) is 25.1. The summed E-state index contributed by atoms with van der Waals surface area (Å²) in [6.45, 7) is -1.67. The lowest BCUT2D eigenvalue weighted by atomic mass is 10.1. The summed E-state index contributed by atoms with van der Waals surface area (Å²) in [5.74, 6) is -8.33. The average Bonchev–Trinajstić information content (AvgIpc) is 3.24. The van der Waals surface area contributed by atoms with Gasteiger partial charge in [0.2, 0.25) is 5.91 Å². The quantitative estimate of drug-likeness (QED) is 0.210. The van der Waals surface area contributed by atoms with Gasteiger partial charge in [-0.05, 0) is 31.0 Å². The number of alkyl halides is 2. The predicted molar refractivity (Wildman–Crippen MR) is 116 cm³/mol. The number of halogens is 5. The van der Waals surface area contributed by atoms with E-state index in [9.17, 15) is 36.7 Å². The van der Waals surface area contributed by atoms with Crippen LogP contribution < -0.4 is 20.9 Å². The van der Waals surface area contributed by atoms with Crippen molar-refractivity contribution in [2.45, 2.75) is 37.8 Å². The lowest BCUT2D eigenvalue weighted by Gasteiger charge is -2.18. The molecule has 1 aliphatic heterocycles. The molecule has 1 aromatic carbocycles. The van der Waals surface area contributed by atoms with Gasteiger partial charge in [-0.3, -0.25) is 9.59 Å². The summed E-state index contributed by atoms with van der Waals surface area (Å²) in [6, 6.07) is 4.27. The lowest BCUT2D eigenvalue weighted by molar-refractivity contribution is -0.624. The van der Waals surface area contributed by atoms with Crippen LogP contribution in [0.5, 0.6) is 0 Å². The molecule has 2 aromatic heterocycles. The normalized spacial score (nSPS) is 15.0. The van der Waals surface area contributed by atoms with Crippen LogP contribution in [0.3, 0.4) is 0 Å². The Kier molecular flexibility index (Phi) is 6.91. The van der Waals surface area contributed by atoms with Crippen molar-refractivity contribution in [3.63, 3.8) is 0 Å². The van der Waals surface area contributed by atoms with Gasteiger partial charge in [-0.25, -0.2) is 18.2 Å². The van der Waals surface area contributed by atoms with E-state index in [1.54, 1.807) is 0 Å². The molecule has 0 saturated heterocycles. The Labute approximate surface area is 201 Å². The van der Waals surface area contributed by atoms with Crippen molar-refractivity contribution in [1.29, 1.82) is 0 Å². The molecule has 0 radical (unpaired) electrons. The van der Waals surface area contributed by atoms with Crippen molar-refractivity contribution in [1.82, 2.24) is 14.9 Å². The van der Waals surface area contributed by atoms with E-state index in [1.807, 2.05) is 0 Å². The number of nitrogens with one attached hydrogen (secondary N) is 2. The summed E-state index contributed by atoms with van der Waals surface area (Å²) in [4.78, 5) is 29.2. The number of amides is 1. The van der Waals surface area contributed by atoms with Gasteiger partial charge in [-0.2, -0.15) is 13.5 Å². The first-order chi connectivity index (χ1) is 17.1. The number of anilines is 1. The fraction of sp³-hybridized carbons (Fsp3) is 0.304. The molecule has 0 aliphatic carbocycles. The minimum Gasteiger partial charge on any atom is -0.618 e. The minimum absolute atomic E-state index is 0.0286. The number of aryl methyl sites for hydroxylation is 1. The molecule has 0 spiro atoms. The van der Waals surface area contributed by atoms with E-state index < -0.39 is 65.2 Å². The van der Waals surface area contributed by atoms with E-state index in [1.165, 1.54) is 22.9 Å². The molecule has 3 aromatic rings. The molecule has 1 atom stereocenters. The maximum Gasteiger partial charge on any atom is 0.347 e. The van der Waals surface area contributed by atoms with E-state index in [0.29, 0.717) is 24.6 Å². The smallest absolute Gasteiger partial charge is 0.347 e. The number of aromatic nitrogens is 3. The molecule has 3 heterocycles. The van der Waals surface area contributed by atoms with E-state index in [0.717, 1.165) is 18.3 Å². The highest BCUT2D eigenvalue weighted by Gasteiger charge is 2.39. The highest BCUT2D eigenvalue weighted by molar-refractivity contribution is 5.76. The van der Waals surface area contributed by atoms with Crippen LogP contribution in [0.4, 0.5) is 27.8 Å². The third-order valence-corrected chi connectivity index (χ3v) is 5.87. The monoisotopic (exact) mass is 509 g/mol. The summed E-state index contributed by atoms with van der Waals surface area (Å²) < 4.78 is 71.2. The average molecular weight is 509 g/mol. The Bertz CT molecular complexity index is 1360. The van der Waals surface area contributed by atoms with Gasteiger partial charge in [-0.1, -0.05) is 0 Å². The summed E-state index contributed by atoms with van der Waals surface area (Å²) in [7, 11) is 0. The Hall–Kier alpha value is -4.03. The number of hydrogen-bond acceptors (Lipinski definition) is 5. The highest BCUT2D eigenvalue weighted by atomic mass is 19.3. The Morgan fingerprint density at radius 1 is 1.19 bits per heavy atom. The standard InChI is InChI=1S/C23H20F5N5O3/c24-16-6-7-17(25)20(26)15(16)11-29-19(34)9-13-4-5-14-10-30-21(22(35)33(13)14)31-12-23(27,28)18-3-1-2-8-32(18)36/h1-3,6-8,10,13H,4-5,9,11-12H2,(H,29,34)(H,30,31). The molecule has 13 heteroatoms. The lowest BCUT2D eigenvalue weighted by Crippen LogP contribution is -2.41. The third-order valence-electron chi connectivity index (χ3n) is 5.87. The van der Waals surface area contributed by atoms with Gasteiger partial charge in [0.1, 0.15) is 5.82 Å². The van der Waals surface area contributed by atoms with Crippen molar-refractivity contribution in [3.8, 4) is 0 Å². The van der Waals surface area contributed by atoms with Crippen LogP contribution >= 0.6 is 0 Å². The van der Waals surface area contributed by atoms with Crippen LogP contribution in [0.2, 0.25) is 0 Å². The number of fused-ring (bicyclic) bond motifs is 1. The van der Waals surface area contributed by atoms with Crippen LogP contribution in [-0.2, 0) is 23.7 Å². The van der Waals surface area contributed by atoms with E-state index in [4.69, 9.17) is 0 Å². The number of pyridine rings is 1. The SMILES string of the molecule is O=C(CC1CCc2cnc(NCC(F)(F)c3cccc[n+]3[O-])c(=O)n21)NCc1c(F)ccc(F)c1F. The van der Waals surface area contributed by atoms with E-state index in [2.05, 4.69) is 15.6 Å². The molecule has 2 N–H and O–H groups in total. The zero-order valence-corrected chi connectivity index (χ0v) is 18.6. The van der Waals surface area contributed by atoms with Crippen molar-refractivity contribution < 1.29 is 31.5 Å². The molecule has 0 saturated carbocycles. The fourth-order valence-electron chi connectivity index (χ4n) is 4.05. The maximum absolute atomic E-state index is 14.5. The van der Waals surface area contributed by atoms with Crippen LogP contribution in [-0.4, -0.2) is 22.0 Å². The second-order valence-electron chi connectivity index (χ2n) is 8.24. The van der Waals surface area contributed by atoms with Gasteiger partial charge in [0.25, 0.3) is 11.3 Å². The number of benzene rings is 1. The van der Waals surface area contributed by atoms with Gasteiger partial charge in [0.05, 0.1) is 6.54 Å². The molecular formula is C23H20F5N5O3. The molecule has 0 bridgehead atoms. The number of carbonyl (C=O) groups excluding carboxylic acids is 1. The molecule has 36 heavy (non-hydrogen) atoms. The van der Waals surface area contributed by atoms with Gasteiger partial charge in [0.15, 0.2) is 23.6 Å². The molecular weight excluding hydrogens is 489 g/mol. The summed E-state index contributed by atoms with van der Waals surface area (Å²) in [6.07, 6.45) is 2.77. The van der Waals surface area contributed by atoms with Crippen LogP contribution in [0.15, 0.2) is 47.5 Å². The molecule has 0 fully saturated rings. The maximum atomic E-state index is 14.5. The summed E-state index contributed by atoms with van der Waals surface area (Å²) in [5.41, 5.74) is -1.69. The zero-order chi connectivity index (χ0) is 26.0. The Morgan fingerprint density at radius 2 is 1.94 bits per heavy atom. The molecule has 4 rings (SSSR count). The van der Waals surface area contributed by atoms with E-state index in [-0.39, 0.29) is 17.0 Å². The van der Waals surface area contributed by atoms with Crippen LogP contribution in [0.1, 0.15) is 35.8 Å². The van der Waals surface area contributed by atoms with Crippen LogP contribution in [0, 0.1) is 22.7 Å². The molecule has 8 nitrogen and oxygen atoms in total. The molecule has 1 aliphatic rings. The van der Waals surface area contributed by atoms with Gasteiger partial charge in [0, 0.05) is 48.6 Å². The number of carbonyl (C=O) groups is 1. The fourth-order valence-corrected chi connectivity index (χ4v) is 4.05. The highest BCUT2D eigenvalue weighted by Crippen LogP contribution is 2.28. The largest absolute Gasteiger partial charge is 0.618 e. The Morgan fingerprint density at radius 3 is 2.69 bits per heavy atom. The summed E-state index contributed by atoms with van der Waals surface area (Å²) in [5, 5.41) is 16.3. The second-order valence-corrected chi connectivity index (χ2v) is 8.24. The van der Waals surface area contributed by atoms with Gasteiger partial charge >= 0.3 is 5.92 Å². The number of nitrogens with zero attached hydrogens (tertiary/aromatic N) is 3. The first-order valence-electron chi connectivity index (χ1n) is 10.9. The number of rotatable bonds is 8. The van der Waals surface area contributed by atoms with Gasteiger partial charge in [-0.15, -0.1) is 0 Å². The first-order valence-corrected chi connectivity index (χ1v) is 10.9. The summed E-state index contributed by atoms with van der Waals surface area (Å²) >= 11 is 0. The molecule has 1 unspecified atom stereocenters. The molecule has 1 amide bonds. The van der Waals surface area contributed by atoms with Crippen molar-refractivity contribution >= 4 is 11.7 Å².